The van der Waals surface area contributed by atoms with Crippen LogP contribution in [0.4, 0.5) is 5.82 Å². The fourth-order valence-electron chi connectivity index (χ4n) is 1.44. The number of methoxy groups -OCH3 is 1. The molecule has 0 aromatic carbocycles. The van der Waals surface area contributed by atoms with Crippen molar-refractivity contribution in [2.45, 2.75) is 32.3 Å². The molecule has 0 radical (unpaired) electrons. The summed E-state index contributed by atoms with van der Waals surface area (Å²) in [6.07, 6.45) is 3.12. The molecule has 0 bridgehead atoms. The Labute approximate surface area is 96.7 Å². The number of hydrogen-bond donors (Lipinski definition) is 2. The van der Waals surface area contributed by atoms with Crippen LogP contribution in [0.2, 0.25) is 0 Å². The van der Waals surface area contributed by atoms with Crippen LogP contribution < -0.4 is 10.1 Å². The molecular weight excluding hydrogens is 204 g/mol. The first-order chi connectivity index (χ1) is 7.65. The fraction of sp³-hybridized carbons (Fsp3) is 0.583. The second kappa shape index (κ2) is 5.70. The van der Waals surface area contributed by atoms with Crippen LogP contribution in [0.5, 0.6) is 5.75 Å². The van der Waals surface area contributed by atoms with Gasteiger partial charge in [0, 0.05) is 12.7 Å². The molecule has 1 aromatic heterocycles. The predicted octanol–water partition coefficient (Wildman–Crippen LogP) is 2.05. The van der Waals surface area contributed by atoms with Gasteiger partial charge in [0.25, 0.3) is 0 Å². The van der Waals surface area contributed by atoms with Gasteiger partial charge in [0.05, 0.1) is 12.7 Å². The third kappa shape index (κ3) is 3.10. The Morgan fingerprint density at radius 2 is 2.12 bits per heavy atom. The summed E-state index contributed by atoms with van der Waals surface area (Å²) in [4.78, 5) is 4.17. The lowest BCUT2D eigenvalue weighted by Gasteiger charge is -2.25. The maximum absolute atomic E-state index is 10.1. The monoisotopic (exact) mass is 224 g/mol. The molecule has 4 heteroatoms. The van der Waals surface area contributed by atoms with Gasteiger partial charge >= 0.3 is 0 Å². The maximum atomic E-state index is 10.1. The summed E-state index contributed by atoms with van der Waals surface area (Å²) in [5.41, 5.74) is -0.678. The number of aromatic nitrogens is 1. The van der Waals surface area contributed by atoms with Crippen LogP contribution in [0.1, 0.15) is 26.7 Å². The summed E-state index contributed by atoms with van der Waals surface area (Å²) in [6, 6.07) is 3.65. The van der Waals surface area contributed by atoms with Crippen molar-refractivity contribution in [2.24, 2.45) is 0 Å². The summed E-state index contributed by atoms with van der Waals surface area (Å²) in [5, 5.41) is 13.2. The average Bonchev–Trinajstić information content (AvgIpc) is 2.36. The van der Waals surface area contributed by atoms with Crippen molar-refractivity contribution < 1.29 is 9.84 Å². The molecule has 0 atom stereocenters. The van der Waals surface area contributed by atoms with Gasteiger partial charge in [0.1, 0.15) is 0 Å². The minimum atomic E-state index is -0.678. The van der Waals surface area contributed by atoms with Crippen molar-refractivity contribution in [3.05, 3.63) is 18.3 Å². The Bertz CT molecular complexity index is 325. The largest absolute Gasteiger partial charge is 0.493 e. The van der Waals surface area contributed by atoms with Gasteiger partial charge in [-0.3, -0.25) is 0 Å². The minimum Gasteiger partial charge on any atom is -0.493 e. The van der Waals surface area contributed by atoms with E-state index in [9.17, 15) is 5.11 Å². The first-order valence-corrected chi connectivity index (χ1v) is 5.60. The quantitative estimate of drug-likeness (QED) is 0.776. The number of anilines is 1. The smallest absolute Gasteiger partial charge is 0.168 e. The van der Waals surface area contributed by atoms with E-state index in [1.165, 1.54) is 0 Å². The van der Waals surface area contributed by atoms with Crippen molar-refractivity contribution >= 4 is 5.82 Å². The molecule has 0 spiro atoms. The van der Waals surface area contributed by atoms with Crippen molar-refractivity contribution in [1.82, 2.24) is 4.98 Å². The third-order valence-electron chi connectivity index (χ3n) is 2.89. The molecule has 0 aliphatic heterocycles. The number of ether oxygens (including phenoxy) is 1. The van der Waals surface area contributed by atoms with Gasteiger partial charge in [-0.25, -0.2) is 4.98 Å². The zero-order valence-corrected chi connectivity index (χ0v) is 10.2. The lowest BCUT2D eigenvalue weighted by Crippen LogP contribution is -2.35. The number of aliphatic hydroxyl groups is 1. The zero-order valence-electron chi connectivity index (χ0n) is 10.2. The first kappa shape index (κ1) is 12.8. The van der Waals surface area contributed by atoms with Crippen molar-refractivity contribution in [3.63, 3.8) is 0 Å². The van der Waals surface area contributed by atoms with E-state index in [0.717, 1.165) is 0 Å². The van der Waals surface area contributed by atoms with Crippen LogP contribution in [-0.4, -0.2) is 29.3 Å². The summed E-state index contributed by atoms with van der Waals surface area (Å²) < 4.78 is 5.17. The molecule has 4 nitrogen and oxygen atoms in total. The Kier molecular flexibility index (Phi) is 4.55. The molecule has 90 valence electrons. The molecule has 1 heterocycles. The van der Waals surface area contributed by atoms with Crippen molar-refractivity contribution in [3.8, 4) is 5.75 Å². The highest BCUT2D eigenvalue weighted by Gasteiger charge is 2.22. The van der Waals surface area contributed by atoms with Gasteiger partial charge in [0.2, 0.25) is 0 Å². The van der Waals surface area contributed by atoms with E-state index < -0.39 is 5.60 Å². The first-order valence-electron chi connectivity index (χ1n) is 5.60. The van der Waals surface area contributed by atoms with Gasteiger partial charge in [-0.2, -0.15) is 0 Å². The van der Waals surface area contributed by atoms with Crippen LogP contribution >= 0.6 is 0 Å². The van der Waals surface area contributed by atoms with Gasteiger partial charge in [0.15, 0.2) is 11.6 Å². The summed E-state index contributed by atoms with van der Waals surface area (Å²) in [6.45, 7) is 4.43. The van der Waals surface area contributed by atoms with Gasteiger partial charge in [-0.15, -0.1) is 0 Å². The lowest BCUT2D eigenvalue weighted by molar-refractivity contribution is 0.0456. The Morgan fingerprint density at radius 3 is 2.69 bits per heavy atom. The van der Waals surface area contributed by atoms with E-state index in [0.29, 0.717) is 31.0 Å². The molecular formula is C12H20N2O2. The second-order valence-corrected chi connectivity index (χ2v) is 3.84. The Balaban J connectivity index is 2.67. The number of hydrogen-bond acceptors (Lipinski definition) is 4. The van der Waals surface area contributed by atoms with Crippen LogP contribution in [0.25, 0.3) is 0 Å². The summed E-state index contributed by atoms with van der Waals surface area (Å²) in [7, 11) is 1.61. The highest BCUT2D eigenvalue weighted by Crippen LogP contribution is 2.22. The van der Waals surface area contributed by atoms with Crippen molar-refractivity contribution in [2.75, 3.05) is 19.0 Å². The van der Waals surface area contributed by atoms with Crippen molar-refractivity contribution in [1.29, 1.82) is 0 Å². The van der Waals surface area contributed by atoms with E-state index in [4.69, 9.17) is 4.74 Å². The number of rotatable bonds is 6. The summed E-state index contributed by atoms with van der Waals surface area (Å²) >= 11 is 0. The molecule has 0 saturated heterocycles. The molecule has 16 heavy (non-hydrogen) atoms. The average molecular weight is 224 g/mol. The van der Waals surface area contributed by atoms with Crippen LogP contribution in [0, 0.1) is 0 Å². The molecule has 1 rings (SSSR count). The van der Waals surface area contributed by atoms with Gasteiger partial charge < -0.3 is 15.2 Å². The van der Waals surface area contributed by atoms with E-state index in [1.54, 1.807) is 13.3 Å². The maximum Gasteiger partial charge on any atom is 0.168 e. The topological polar surface area (TPSA) is 54.4 Å². The van der Waals surface area contributed by atoms with E-state index in [-0.39, 0.29) is 0 Å². The van der Waals surface area contributed by atoms with Gasteiger partial charge in [-0.05, 0) is 25.0 Å². The molecule has 2 N–H and O–H groups in total. The SMILES string of the molecule is CCC(O)(CC)CNc1ncccc1OC. The van der Waals surface area contributed by atoms with E-state index >= 15 is 0 Å². The lowest BCUT2D eigenvalue weighted by atomic mass is 9.98. The molecule has 0 aliphatic carbocycles. The molecule has 0 saturated carbocycles. The number of nitrogens with zero attached hydrogens (tertiary/aromatic N) is 1. The molecule has 0 amide bonds. The molecule has 1 aromatic rings. The minimum absolute atomic E-state index is 0.480. The third-order valence-corrected chi connectivity index (χ3v) is 2.89. The fourth-order valence-corrected chi connectivity index (χ4v) is 1.44. The Morgan fingerprint density at radius 1 is 1.44 bits per heavy atom. The number of nitrogens with one attached hydrogen (secondary N) is 1. The zero-order chi connectivity index (χ0) is 12.0. The normalized spacial score (nSPS) is 11.2. The number of pyridine rings is 1. The highest BCUT2D eigenvalue weighted by atomic mass is 16.5. The van der Waals surface area contributed by atoms with Gasteiger partial charge in [-0.1, -0.05) is 13.8 Å². The van der Waals surface area contributed by atoms with E-state index in [2.05, 4.69) is 10.3 Å². The predicted molar refractivity (Wildman–Crippen MR) is 64.8 cm³/mol. The van der Waals surface area contributed by atoms with Crippen LogP contribution in [0.3, 0.4) is 0 Å². The molecule has 0 aliphatic rings. The Hall–Kier alpha value is -1.29. The highest BCUT2D eigenvalue weighted by molar-refractivity contribution is 5.49. The standard InChI is InChI=1S/C12H20N2O2/c1-4-12(15,5-2)9-14-11-10(16-3)7-6-8-13-11/h6-8,15H,4-5,9H2,1-3H3,(H,13,14). The summed E-state index contributed by atoms with van der Waals surface area (Å²) in [5.74, 6) is 1.36. The molecule has 0 unspecified atom stereocenters. The van der Waals surface area contributed by atoms with Crippen LogP contribution in [-0.2, 0) is 0 Å². The molecule has 0 fully saturated rings. The van der Waals surface area contributed by atoms with Crippen LogP contribution in [0.15, 0.2) is 18.3 Å². The van der Waals surface area contributed by atoms with E-state index in [1.807, 2.05) is 26.0 Å². The second-order valence-electron chi connectivity index (χ2n) is 3.84.